The van der Waals surface area contributed by atoms with Crippen LogP contribution in [0.3, 0.4) is 0 Å². The number of nitrogens with one attached hydrogen (secondary N) is 1. The molecule has 0 aliphatic heterocycles. The van der Waals surface area contributed by atoms with Crippen LogP contribution in [-0.4, -0.2) is 35.8 Å². The average molecular weight is 497 g/mol. The molecule has 4 aromatic rings. The lowest BCUT2D eigenvalue weighted by molar-refractivity contribution is 0.433. The Balaban J connectivity index is 1.66. The van der Waals surface area contributed by atoms with Gasteiger partial charge in [-0.05, 0) is 51.6 Å². The van der Waals surface area contributed by atoms with Crippen LogP contribution in [-0.2, 0) is 16.4 Å². The van der Waals surface area contributed by atoms with E-state index >= 15 is 0 Å². The Morgan fingerprint density at radius 1 is 1.06 bits per heavy atom. The molecule has 1 N–H and O–H groups in total. The third-order valence-corrected chi connectivity index (χ3v) is 7.97. The molecule has 0 saturated heterocycles. The summed E-state index contributed by atoms with van der Waals surface area (Å²) in [5, 5.41) is 7.38. The lowest BCUT2D eigenvalue weighted by atomic mass is 10.1. The van der Waals surface area contributed by atoms with Crippen LogP contribution in [0.4, 0.5) is 0 Å². The third-order valence-electron chi connectivity index (χ3n) is 5.49. The van der Waals surface area contributed by atoms with Crippen LogP contribution in [0.5, 0.6) is 0 Å². The molecule has 0 radical (unpaired) electrons. The lowest BCUT2D eigenvalue weighted by Gasteiger charge is -2.09. The molecule has 2 heterocycles. The summed E-state index contributed by atoms with van der Waals surface area (Å²) in [5.41, 5.74) is 5.02. The smallest absolute Gasteiger partial charge is 0.187 e. The van der Waals surface area contributed by atoms with Gasteiger partial charge in [-0.3, -0.25) is 4.98 Å². The first kappa shape index (κ1) is 24.1. The zero-order valence-electron chi connectivity index (χ0n) is 19.3. The van der Waals surface area contributed by atoms with Gasteiger partial charge in [0.05, 0.1) is 32.8 Å². The molecule has 0 aliphatic carbocycles. The zero-order chi connectivity index (χ0) is 24.5. The molecule has 0 aliphatic rings. The Hall–Kier alpha value is -3.07. The maximum Gasteiger partial charge on any atom is 0.187 e. The molecular weight excluding hydrogens is 472 g/mol. The molecule has 9 heteroatoms. The zero-order valence-corrected chi connectivity index (χ0v) is 20.9. The van der Waals surface area contributed by atoms with Crippen molar-refractivity contribution in [2.75, 3.05) is 7.05 Å². The van der Waals surface area contributed by atoms with Gasteiger partial charge in [-0.2, -0.15) is 0 Å². The van der Waals surface area contributed by atoms with E-state index in [9.17, 15) is 8.42 Å². The monoisotopic (exact) mass is 496 g/mol. The molecule has 0 atom stereocenters. The third kappa shape index (κ3) is 4.75. The highest BCUT2D eigenvalue weighted by atomic mass is 35.5. The Labute approximate surface area is 204 Å². The highest BCUT2D eigenvalue weighted by Crippen LogP contribution is 2.32. The van der Waals surface area contributed by atoms with E-state index in [4.69, 9.17) is 21.1 Å². The van der Waals surface area contributed by atoms with Gasteiger partial charge in [0.15, 0.2) is 15.6 Å². The average Bonchev–Trinajstić information content (AvgIpc) is 3.29. The van der Waals surface area contributed by atoms with Gasteiger partial charge in [0.25, 0.3) is 0 Å². The first-order valence-electron chi connectivity index (χ1n) is 10.8. The van der Waals surface area contributed by atoms with Crippen molar-refractivity contribution in [3.8, 4) is 34.0 Å². The summed E-state index contributed by atoms with van der Waals surface area (Å²) in [6.45, 7) is 5.88. The fourth-order valence-corrected chi connectivity index (χ4v) is 4.86. The molecule has 0 amide bonds. The van der Waals surface area contributed by atoms with E-state index in [1.54, 1.807) is 50.4 Å². The number of aromatic nitrogens is 3. The minimum absolute atomic E-state index is 0.282. The second-order valence-corrected chi connectivity index (χ2v) is 11.1. The van der Waals surface area contributed by atoms with Gasteiger partial charge in [0.1, 0.15) is 11.4 Å². The fraction of sp³-hybridized carbons (Fsp3) is 0.240. The van der Waals surface area contributed by atoms with Crippen LogP contribution in [0, 0.1) is 6.92 Å². The molecule has 2 aromatic heterocycles. The lowest BCUT2D eigenvalue weighted by Crippen LogP contribution is -2.13. The van der Waals surface area contributed by atoms with Crippen molar-refractivity contribution in [2.45, 2.75) is 37.5 Å². The summed E-state index contributed by atoms with van der Waals surface area (Å²) in [6, 6.07) is 14.2. The minimum atomic E-state index is -3.34. The van der Waals surface area contributed by atoms with Gasteiger partial charge >= 0.3 is 0 Å². The predicted octanol–water partition coefficient (Wildman–Crippen LogP) is 5.33. The van der Waals surface area contributed by atoms with E-state index in [2.05, 4.69) is 15.5 Å². The number of rotatable bonds is 7. The largest absolute Gasteiger partial charge is 0.354 e. The highest BCUT2D eigenvalue weighted by Gasteiger charge is 2.20. The van der Waals surface area contributed by atoms with Gasteiger partial charge in [-0.25, -0.2) is 13.4 Å². The summed E-state index contributed by atoms with van der Waals surface area (Å²) >= 11 is 6.48. The number of nitrogens with zero attached hydrogens (tertiary/aromatic N) is 3. The van der Waals surface area contributed by atoms with Crippen molar-refractivity contribution in [3.05, 3.63) is 71.0 Å². The fourth-order valence-electron chi connectivity index (χ4n) is 3.50. The molecule has 0 spiro atoms. The van der Waals surface area contributed by atoms with Crippen LogP contribution >= 0.6 is 11.6 Å². The molecular formula is C25H25ClN4O3S. The molecule has 7 nitrogen and oxygen atoms in total. The first-order chi connectivity index (χ1) is 16.2. The van der Waals surface area contributed by atoms with Gasteiger partial charge < -0.3 is 9.84 Å². The number of halogens is 1. The van der Waals surface area contributed by atoms with Crippen LogP contribution in [0.25, 0.3) is 34.0 Å². The number of sulfone groups is 1. The standard InChI is InChI=1S/C25H25ClN4O3S/c1-15(2)34(31,32)19-8-6-18(7-9-19)23-14-28-16(3)25(29-23)24-12-22(30-33-24)20-10-5-17(13-27-4)11-21(20)26/h5-12,14-15,27H,13H2,1-4H3. The Bertz CT molecular complexity index is 1430. The molecule has 0 saturated carbocycles. The maximum absolute atomic E-state index is 12.4. The second-order valence-electron chi connectivity index (χ2n) is 8.23. The maximum atomic E-state index is 12.4. The van der Waals surface area contributed by atoms with Crippen molar-refractivity contribution in [1.82, 2.24) is 20.4 Å². The molecule has 0 bridgehead atoms. The van der Waals surface area contributed by atoms with Crippen molar-refractivity contribution in [3.63, 3.8) is 0 Å². The normalized spacial score (nSPS) is 11.8. The summed E-state index contributed by atoms with van der Waals surface area (Å²) < 4.78 is 30.4. The summed E-state index contributed by atoms with van der Waals surface area (Å²) in [7, 11) is -1.46. The van der Waals surface area contributed by atoms with E-state index < -0.39 is 15.1 Å². The predicted molar refractivity (Wildman–Crippen MR) is 133 cm³/mol. The molecule has 4 rings (SSSR count). The van der Waals surface area contributed by atoms with Gasteiger partial charge in [0.2, 0.25) is 0 Å². The van der Waals surface area contributed by atoms with E-state index in [0.29, 0.717) is 33.6 Å². The summed E-state index contributed by atoms with van der Waals surface area (Å²) in [4.78, 5) is 9.46. The Morgan fingerprint density at radius 2 is 1.79 bits per heavy atom. The van der Waals surface area contributed by atoms with E-state index in [1.165, 1.54) is 0 Å². The van der Waals surface area contributed by atoms with Crippen molar-refractivity contribution in [1.29, 1.82) is 0 Å². The quantitative estimate of drug-likeness (QED) is 0.369. The van der Waals surface area contributed by atoms with Crippen LogP contribution in [0.2, 0.25) is 5.02 Å². The minimum Gasteiger partial charge on any atom is -0.354 e. The van der Waals surface area contributed by atoms with Crippen molar-refractivity contribution < 1.29 is 12.9 Å². The number of benzene rings is 2. The van der Waals surface area contributed by atoms with Crippen molar-refractivity contribution >= 4 is 21.4 Å². The molecule has 0 unspecified atom stereocenters. The Morgan fingerprint density at radius 3 is 2.44 bits per heavy atom. The number of hydrogen-bond acceptors (Lipinski definition) is 7. The van der Waals surface area contributed by atoms with Crippen LogP contribution < -0.4 is 5.32 Å². The topological polar surface area (TPSA) is 98.0 Å². The highest BCUT2D eigenvalue weighted by molar-refractivity contribution is 7.92. The van der Waals surface area contributed by atoms with E-state index in [1.807, 2.05) is 32.2 Å². The number of hydrogen-bond donors (Lipinski definition) is 1. The van der Waals surface area contributed by atoms with E-state index in [0.717, 1.165) is 23.2 Å². The molecule has 34 heavy (non-hydrogen) atoms. The second kappa shape index (κ2) is 9.66. The van der Waals surface area contributed by atoms with E-state index in [-0.39, 0.29) is 4.90 Å². The molecule has 2 aromatic carbocycles. The first-order valence-corrected chi connectivity index (χ1v) is 12.7. The SMILES string of the molecule is CNCc1ccc(-c2cc(-c3nc(-c4ccc(S(=O)(=O)C(C)C)cc4)cnc3C)on2)c(Cl)c1. The van der Waals surface area contributed by atoms with Crippen molar-refractivity contribution in [2.24, 2.45) is 0 Å². The molecule has 0 fully saturated rings. The van der Waals surface area contributed by atoms with Gasteiger partial charge in [0, 0.05) is 23.7 Å². The Kier molecular flexibility index (Phi) is 6.84. The van der Waals surface area contributed by atoms with Crippen LogP contribution in [0.1, 0.15) is 25.1 Å². The van der Waals surface area contributed by atoms with Gasteiger partial charge in [-0.15, -0.1) is 0 Å². The summed E-state index contributed by atoms with van der Waals surface area (Å²) in [6.07, 6.45) is 1.65. The molecule has 176 valence electrons. The van der Waals surface area contributed by atoms with Gasteiger partial charge in [-0.1, -0.05) is 41.0 Å². The van der Waals surface area contributed by atoms with Crippen LogP contribution in [0.15, 0.2) is 64.1 Å². The number of aryl methyl sites for hydroxylation is 1. The summed E-state index contributed by atoms with van der Waals surface area (Å²) in [5.74, 6) is 0.469.